The fourth-order valence-corrected chi connectivity index (χ4v) is 5.77. The van der Waals surface area contributed by atoms with Gasteiger partial charge in [0.05, 0.1) is 23.2 Å². The van der Waals surface area contributed by atoms with E-state index in [0.717, 1.165) is 65.4 Å². The molecule has 0 saturated carbocycles. The number of urea groups is 1. The fraction of sp³-hybridized carbons (Fsp3) is 0.286. The third-order valence-corrected chi connectivity index (χ3v) is 8.21. The lowest BCUT2D eigenvalue weighted by molar-refractivity contribution is -0.131. The fourth-order valence-electron chi connectivity index (χ4n) is 5.77. The number of unbranched alkanes of at least 4 members (excludes halogenated alkanes) is 3. The quantitative estimate of drug-likeness (QED) is 0.143. The van der Waals surface area contributed by atoms with Gasteiger partial charge in [-0.15, -0.1) is 0 Å². The van der Waals surface area contributed by atoms with Crippen LogP contribution >= 0.6 is 0 Å². The van der Waals surface area contributed by atoms with Crippen molar-refractivity contribution in [3.8, 4) is 5.75 Å². The third kappa shape index (κ3) is 5.78. The number of carbonyl (C=O) groups excluding carboxylic acids is 2. The van der Waals surface area contributed by atoms with Crippen LogP contribution in [0.4, 0.5) is 4.79 Å². The van der Waals surface area contributed by atoms with Gasteiger partial charge in [0.2, 0.25) is 0 Å². The van der Waals surface area contributed by atoms with E-state index in [1.54, 1.807) is 19.3 Å². The van der Waals surface area contributed by atoms with E-state index in [1.165, 1.54) is 10.5 Å². The number of nitrogens with zero attached hydrogens (tertiary/aromatic N) is 4. The van der Waals surface area contributed by atoms with Crippen molar-refractivity contribution in [2.75, 3.05) is 13.2 Å². The smallest absolute Gasteiger partial charge is 0.325 e. The Kier molecular flexibility index (Phi) is 8.01. The van der Waals surface area contributed by atoms with Crippen LogP contribution in [-0.4, -0.2) is 44.9 Å². The van der Waals surface area contributed by atoms with Gasteiger partial charge in [-0.1, -0.05) is 61.4 Å². The molecule has 3 heterocycles. The maximum atomic E-state index is 13.4. The molecular formula is C35H35N5O3. The van der Waals surface area contributed by atoms with Crippen molar-refractivity contribution < 1.29 is 14.3 Å². The van der Waals surface area contributed by atoms with E-state index in [9.17, 15) is 9.59 Å². The lowest BCUT2D eigenvalue weighted by Gasteiger charge is -2.22. The molecule has 3 amide bonds. The highest BCUT2D eigenvalue weighted by atomic mass is 16.5. The summed E-state index contributed by atoms with van der Waals surface area (Å²) in [6.07, 6.45) is 9.36. The molecule has 218 valence electrons. The van der Waals surface area contributed by atoms with Crippen molar-refractivity contribution in [2.45, 2.75) is 51.5 Å². The van der Waals surface area contributed by atoms with Crippen LogP contribution in [0.1, 0.15) is 54.9 Å². The Bertz CT molecular complexity index is 1790. The summed E-state index contributed by atoms with van der Waals surface area (Å²) in [6.45, 7) is 4.78. The highest BCUT2D eigenvalue weighted by Crippen LogP contribution is 2.33. The van der Waals surface area contributed by atoms with Crippen LogP contribution in [0, 0.1) is 6.92 Å². The second-order valence-electron chi connectivity index (χ2n) is 11.3. The molecule has 0 radical (unpaired) electrons. The molecule has 1 aliphatic heterocycles. The number of carbonyl (C=O) groups is 2. The van der Waals surface area contributed by atoms with Crippen molar-refractivity contribution in [3.05, 3.63) is 108 Å². The van der Waals surface area contributed by atoms with Gasteiger partial charge in [-0.3, -0.25) is 24.6 Å². The summed E-state index contributed by atoms with van der Waals surface area (Å²) in [7, 11) is 0. The first-order valence-electron chi connectivity index (χ1n) is 14.8. The first-order valence-corrected chi connectivity index (χ1v) is 14.8. The minimum Gasteiger partial charge on any atom is -0.493 e. The molecule has 43 heavy (non-hydrogen) atoms. The predicted octanol–water partition coefficient (Wildman–Crippen LogP) is 6.48. The average molecular weight is 574 g/mol. The molecule has 6 rings (SSSR count). The molecule has 1 atom stereocenters. The van der Waals surface area contributed by atoms with E-state index in [-0.39, 0.29) is 11.9 Å². The molecule has 1 saturated heterocycles. The minimum atomic E-state index is -1.13. The number of imide groups is 1. The van der Waals surface area contributed by atoms with Crippen molar-refractivity contribution in [1.82, 2.24) is 25.2 Å². The van der Waals surface area contributed by atoms with E-state index in [4.69, 9.17) is 9.72 Å². The van der Waals surface area contributed by atoms with Gasteiger partial charge in [-0.05, 0) is 61.6 Å². The number of amides is 3. The molecule has 1 unspecified atom stereocenters. The standard InChI is InChI=1S/C35H35N5O3/c1-24-11-10-14-28-31(24)38-23-26(21-25-12-6-5-7-13-25)32(28)43-20-9-4-3-8-19-40-33(41)35(2,39-34(40)42)27-15-16-29-30(22-27)37-18-17-36-29/h5-7,10-18,22-23H,3-4,8-9,19-21H2,1-2H3,(H,39,42). The van der Waals surface area contributed by atoms with Crippen LogP contribution in [-0.2, 0) is 16.8 Å². The topological polar surface area (TPSA) is 97.3 Å². The molecule has 2 aromatic heterocycles. The van der Waals surface area contributed by atoms with Gasteiger partial charge in [0, 0.05) is 42.5 Å². The number of rotatable bonds is 11. The molecule has 3 aromatic carbocycles. The highest BCUT2D eigenvalue weighted by molar-refractivity contribution is 6.07. The summed E-state index contributed by atoms with van der Waals surface area (Å²) in [6, 6.07) is 21.7. The number of hydrogen-bond acceptors (Lipinski definition) is 6. The van der Waals surface area contributed by atoms with Gasteiger partial charge in [-0.25, -0.2) is 4.79 Å². The maximum absolute atomic E-state index is 13.4. The van der Waals surface area contributed by atoms with Crippen LogP contribution in [0.15, 0.2) is 85.3 Å². The summed E-state index contributed by atoms with van der Waals surface area (Å²) in [5.74, 6) is 0.658. The van der Waals surface area contributed by atoms with Gasteiger partial charge in [0.15, 0.2) is 0 Å². The zero-order chi connectivity index (χ0) is 29.8. The van der Waals surface area contributed by atoms with Crippen LogP contribution in [0.3, 0.4) is 0 Å². The molecule has 1 fully saturated rings. The average Bonchev–Trinajstić information content (AvgIpc) is 3.25. The van der Waals surface area contributed by atoms with E-state index >= 15 is 0 Å². The van der Waals surface area contributed by atoms with Gasteiger partial charge < -0.3 is 10.1 Å². The van der Waals surface area contributed by atoms with Crippen LogP contribution in [0.5, 0.6) is 5.75 Å². The monoisotopic (exact) mass is 573 g/mol. The first-order chi connectivity index (χ1) is 20.9. The number of aromatic nitrogens is 3. The number of hydrogen-bond donors (Lipinski definition) is 1. The van der Waals surface area contributed by atoms with Crippen LogP contribution in [0.25, 0.3) is 21.9 Å². The number of fused-ring (bicyclic) bond motifs is 2. The van der Waals surface area contributed by atoms with Gasteiger partial charge in [-0.2, -0.15) is 0 Å². The second kappa shape index (κ2) is 12.2. The van der Waals surface area contributed by atoms with Gasteiger partial charge >= 0.3 is 6.03 Å². The normalized spacial score (nSPS) is 16.7. The molecule has 5 aromatic rings. The molecule has 8 nitrogen and oxygen atoms in total. The lowest BCUT2D eigenvalue weighted by atomic mass is 9.91. The predicted molar refractivity (Wildman–Crippen MR) is 167 cm³/mol. The molecular weight excluding hydrogens is 538 g/mol. The summed E-state index contributed by atoms with van der Waals surface area (Å²) < 4.78 is 6.42. The summed E-state index contributed by atoms with van der Waals surface area (Å²) in [5.41, 5.74) is 5.38. The maximum Gasteiger partial charge on any atom is 0.325 e. The first kappa shape index (κ1) is 28.3. The van der Waals surface area contributed by atoms with Crippen molar-refractivity contribution in [1.29, 1.82) is 0 Å². The van der Waals surface area contributed by atoms with Gasteiger partial charge in [0.1, 0.15) is 11.3 Å². The number of pyridine rings is 1. The number of benzene rings is 3. The Morgan fingerprint density at radius 2 is 1.65 bits per heavy atom. The third-order valence-electron chi connectivity index (χ3n) is 8.21. The largest absolute Gasteiger partial charge is 0.493 e. The van der Waals surface area contributed by atoms with Crippen molar-refractivity contribution in [3.63, 3.8) is 0 Å². The Morgan fingerprint density at radius 3 is 2.49 bits per heavy atom. The Labute approximate surface area is 251 Å². The summed E-state index contributed by atoms with van der Waals surface area (Å²) >= 11 is 0. The van der Waals surface area contributed by atoms with Gasteiger partial charge in [0.25, 0.3) is 5.91 Å². The summed E-state index contributed by atoms with van der Waals surface area (Å²) in [4.78, 5) is 40.9. The van der Waals surface area contributed by atoms with Crippen LogP contribution < -0.4 is 10.1 Å². The van der Waals surface area contributed by atoms with Crippen molar-refractivity contribution in [2.24, 2.45) is 0 Å². The number of aryl methyl sites for hydroxylation is 1. The van der Waals surface area contributed by atoms with E-state index in [2.05, 4.69) is 46.5 Å². The minimum absolute atomic E-state index is 0.241. The lowest BCUT2D eigenvalue weighted by Crippen LogP contribution is -2.41. The molecule has 8 heteroatoms. The summed E-state index contributed by atoms with van der Waals surface area (Å²) in [5, 5.41) is 3.93. The molecule has 1 N–H and O–H groups in total. The SMILES string of the molecule is Cc1cccc2c(OCCCCCCN3C(=O)NC(C)(c4ccc5nccnc5c4)C3=O)c(Cc3ccccc3)cnc12. The number of ether oxygens (including phenoxy) is 1. The Morgan fingerprint density at radius 1 is 0.860 bits per heavy atom. The zero-order valence-electron chi connectivity index (χ0n) is 24.5. The van der Waals surface area contributed by atoms with E-state index < -0.39 is 5.54 Å². The number of para-hydroxylation sites is 1. The molecule has 1 aliphatic rings. The Hall–Kier alpha value is -4.85. The molecule has 0 aliphatic carbocycles. The number of nitrogens with one attached hydrogen (secondary N) is 1. The zero-order valence-corrected chi connectivity index (χ0v) is 24.5. The van der Waals surface area contributed by atoms with E-state index in [1.807, 2.05) is 48.7 Å². The molecule has 0 bridgehead atoms. The Balaban J connectivity index is 1.03. The second-order valence-corrected chi connectivity index (χ2v) is 11.3. The van der Waals surface area contributed by atoms with Crippen molar-refractivity contribution >= 4 is 33.9 Å². The van der Waals surface area contributed by atoms with Crippen LogP contribution in [0.2, 0.25) is 0 Å². The molecule has 0 spiro atoms. The van der Waals surface area contributed by atoms with E-state index in [0.29, 0.717) is 24.2 Å². The highest BCUT2D eigenvalue weighted by Gasteiger charge is 2.48.